The molecule has 30 heavy (non-hydrogen) atoms. The van der Waals surface area contributed by atoms with E-state index in [1.807, 2.05) is 12.1 Å². The second-order valence-electron chi connectivity index (χ2n) is 6.05. The second kappa shape index (κ2) is 7.18. The normalized spacial score (nSPS) is 10.6. The SMILES string of the molecule is COc1nc2c3cc(C#N)c(C#N)cc3c3nc(OC)c(OC)nc3c2nc1OC. The number of aromatic nitrogens is 4. The summed E-state index contributed by atoms with van der Waals surface area (Å²) in [5, 5.41) is 20.1. The first-order valence-electron chi connectivity index (χ1n) is 8.59. The molecular weight excluding hydrogens is 388 g/mol. The molecule has 0 fully saturated rings. The van der Waals surface area contributed by atoms with Crippen LogP contribution >= 0.6 is 0 Å². The highest BCUT2D eigenvalue weighted by atomic mass is 16.5. The lowest BCUT2D eigenvalue weighted by Crippen LogP contribution is -2.02. The number of rotatable bonds is 4. The summed E-state index contributed by atoms with van der Waals surface area (Å²) in [6.45, 7) is 0. The molecular formula is C20H14N6O4. The van der Waals surface area contributed by atoms with Crippen molar-refractivity contribution >= 4 is 32.8 Å². The van der Waals surface area contributed by atoms with Crippen molar-refractivity contribution in [3.8, 4) is 35.7 Å². The van der Waals surface area contributed by atoms with Gasteiger partial charge >= 0.3 is 0 Å². The van der Waals surface area contributed by atoms with Crippen LogP contribution in [0, 0.1) is 22.7 Å². The number of nitrogens with zero attached hydrogens (tertiary/aromatic N) is 6. The van der Waals surface area contributed by atoms with Crippen molar-refractivity contribution in [2.45, 2.75) is 0 Å². The maximum atomic E-state index is 9.48. The molecule has 0 aliphatic carbocycles. The number of hydrogen-bond acceptors (Lipinski definition) is 10. The fourth-order valence-corrected chi connectivity index (χ4v) is 3.22. The molecule has 0 saturated heterocycles. The molecule has 0 N–H and O–H groups in total. The predicted molar refractivity (Wildman–Crippen MR) is 106 cm³/mol. The number of nitriles is 2. The molecule has 2 aromatic heterocycles. The summed E-state index contributed by atoms with van der Waals surface area (Å²) in [6.07, 6.45) is 0. The molecule has 4 aromatic rings. The maximum Gasteiger partial charge on any atom is 0.278 e. The van der Waals surface area contributed by atoms with E-state index in [9.17, 15) is 10.5 Å². The predicted octanol–water partition coefficient (Wildman–Crippen LogP) is 2.50. The van der Waals surface area contributed by atoms with Gasteiger partial charge < -0.3 is 18.9 Å². The van der Waals surface area contributed by atoms with Crippen molar-refractivity contribution in [3.63, 3.8) is 0 Å². The first kappa shape index (κ1) is 18.9. The summed E-state index contributed by atoms with van der Waals surface area (Å²) < 4.78 is 21.2. The van der Waals surface area contributed by atoms with Crippen LogP contribution in [0.1, 0.15) is 11.1 Å². The van der Waals surface area contributed by atoms with Crippen LogP contribution in [0.3, 0.4) is 0 Å². The summed E-state index contributed by atoms with van der Waals surface area (Å²) >= 11 is 0. The molecule has 0 amide bonds. The standard InChI is InChI=1S/C20H14N6O4/c1-27-17-19(29-3)25-15-13(23-17)11-5-9(7-21)10(8-22)6-12(11)14-16(15)26-20(30-4)18(24-14)28-2/h5-6H,1-4H3. The lowest BCUT2D eigenvalue weighted by molar-refractivity contribution is 0.333. The summed E-state index contributed by atoms with van der Waals surface area (Å²) in [5.41, 5.74) is 1.98. The zero-order chi connectivity index (χ0) is 21.4. The molecule has 0 saturated carbocycles. The van der Waals surface area contributed by atoms with Crippen molar-refractivity contribution < 1.29 is 18.9 Å². The third kappa shape index (κ3) is 2.63. The van der Waals surface area contributed by atoms with E-state index in [1.165, 1.54) is 28.4 Å². The molecule has 0 radical (unpaired) electrons. The molecule has 0 atom stereocenters. The average molecular weight is 402 g/mol. The van der Waals surface area contributed by atoms with Gasteiger partial charge in [-0.2, -0.15) is 10.5 Å². The molecule has 0 spiro atoms. The van der Waals surface area contributed by atoms with Gasteiger partial charge in [0, 0.05) is 10.8 Å². The van der Waals surface area contributed by atoms with E-state index in [0.717, 1.165) is 0 Å². The van der Waals surface area contributed by atoms with Gasteiger partial charge in [0.05, 0.1) is 39.6 Å². The van der Waals surface area contributed by atoms with E-state index in [2.05, 4.69) is 19.9 Å². The Hall–Kier alpha value is -4.44. The lowest BCUT2D eigenvalue weighted by atomic mass is 9.99. The van der Waals surface area contributed by atoms with Crippen molar-refractivity contribution in [3.05, 3.63) is 23.3 Å². The highest BCUT2D eigenvalue weighted by Crippen LogP contribution is 2.38. The van der Waals surface area contributed by atoms with Crippen LogP contribution in [0.5, 0.6) is 23.5 Å². The van der Waals surface area contributed by atoms with Crippen LogP contribution < -0.4 is 18.9 Å². The molecule has 0 aliphatic heterocycles. The summed E-state index contributed by atoms with van der Waals surface area (Å²) in [6, 6.07) is 7.23. The van der Waals surface area contributed by atoms with E-state index in [-0.39, 0.29) is 34.6 Å². The van der Waals surface area contributed by atoms with Gasteiger partial charge in [-0.15, -0.1) is 0 Å². The Balaban J connectivity index is 2.34. The Morgan fingerprint density at radius 2 is 0.867 bits per heavy atom. The van der Waals surface area contributed by atoms with Crippen LogP contribution in [0.4, 0.5) is 0 Å². The molecule has 0 bridgehead atoms. The Morgan fingerprint density at radius 3 is 1.13 bits per heavy atom. The first-order chi connectivity index (χ1) is 14.6. The van der Waals surface area contributed by atoms with Crippen molar-refractivity contribution in [1.29, 1.82) is 10.5 Å². The Morgan fingerprint density at radius 1 is 0.567 bits per heavy atom. The number of methoxy groups -OCH3 is 4. The largest absolute Gasteiger partial charge is 0.477 e. The smallest absolute Gasteiger partial charge is 0.278 e. The molecule has 10 nitrogen and oxygen atoms in total. The fourth-order valence-electron chi connectivity index (χ4n) is 3.22. The minimum Gasteiger partial charge on any atom is -0.477 e. The van der Waals surface area contributed by atoms with Crippen LogP contribution in [0.15, 0.2) is 12.1 Å². The summed E-state index contributed by atoms with van der Waals surface area (Å²) in [4.78, 5) is 18.1. The molecule has 2 aromatic carbocycles. The van der Waals surface area contributed by atoms with E-state index in [4.69, 9.17) is 18.9 Å². The zero-order valence-corrected chi connectivity index (χ0v) is 16.5. The molecule has 10 heteroatoms. The van der Waals surface area contributed by atoms with E-state index >= 15 is 0 Å². The van der Waals surface area contributed by atoms with E-state index < -0.39 is 0 Å². The van der Waals surface area contributed by atoms with E-state index in [1.54, 1.807) is 12.1 Å². The van der Waals surface area contributed by atoms with Gasteiger partial charge in [0.1, 0.15) is 34.2 Å². The molecule has 0 aliphatic rings. The van der Waals surface area contributed by atoms with Crippen LogP contribution in [-0.2, 0) is 0 Å². The van der Waals surface area contributed by atoms with Gasteiger partial charge in [0.15, 0.2) is 0 Å². The average Bonchev–Trinajstić information content (AvgIpc) is 2.81. The van der Waals surface area contributed by atoms with E-state index in [0.29, 0.717) is 32.8 Å². The maximum absolute atomic E-state index is 9.48. The number of fused-ring (bicyclic) bond motifs is 6. The first-order valence-corrected chi connectivity index (χ1v) is 8.59. The van der Waals surface area contributed by atoms with Gasteiger partial charge in [-0.3, -0.25) is 0 Å². The third-order valence-electron chi connectivity index (χ3n) is 4.57. The fraction of sp³-hybridized carbons (Fsp3) is 0.200. The van der Waals surface area contributed by atoms with Gasteiger partial charge in [-0.05, 0) is 12.1 Å². The molecule has 148 valence electrons. The van der Waals surface area contributed by atoms with Crippen LogP contribution in [-0.4, -0.2) is 48.4 Å². The van der Waals surface area contributed by atoms with Crippen LogP contribution in [0.2, 0.25) is 0 Å². The monoisotopic (exact) mass is 402 g/mol. The highest BCUT2D eigenvalue weighted by molar-refractivity contribution is 6.21. The van der Waals surface area contributed by atoms with Gasteiger partial charge in [-0.25, -0.2) is 19.9 Å². The Labute approximate surface area is 170 Å². The van der Waals surface area contributed by atoms with Crippen LogP contribution in [0.25, 0.3) is 32.8 Å². The minimum absolute atomic E-state index is 0.163. The highest BCUT2D eigenvalue weighted by Gasteiger charge is 2.22. The molecule has 4 rings (SSSR count). The third-order valence-corrected chi connectivity index (χ3v) is 4.57. The topological polar surface area (TPSA) is 136 Å². The van der Waals surface area contributed by atoms with Gasteiger partial charge in [-0.1, -0.05) is 0 Å². The quantitative estimate of drug-likeness (QED) is 0.468. The Bertz CT molecular complexity index is 1310. The second-order valence-corrected chi connectivity index (χ2v) is 6.05. The van der Waals surface area contributed by atoms with Gasteiger partial charge in [0.2, 0.25) is 0 Å². The zero-order valence-electron chi connectivity index (χ0n) is 16.5. The molecule has 2 heterocycles. The minimum atomic E-state index is 0.163. The summed E-state index contributed by atoms with van der Waals surface area (Å²) in [5.74, 6) is 0.664. The lowest BCUT2D eigenvalue weighted by Gasteiger charge is -2.13. The molecule has 0 unspecified atom stereocenters. The Kier molecular flexibility index (Phi) is 4.53. The van der Waals surface area contributed by atoms with Crippen molar-refractivity contribution in [2.24, 2.45) is 0 Å². The number of hydrogen-bond donors (Lipinski definition) is 0. The van der Waals surface area contributed by atoms with Gasteiger partial charge in [0.25, 0.3) is 23.5 Å². The van der Waals surface area contributed by atoms with Crippen molar-refractivity contribution in [2.75, 3.05) is 28.4 Å². The number of ether oxygens (including phenoxy) is 4. The van der Waals surface area contributed by atoms with Crippen molar-refractivity contribution in [1.82, 2.24) is 19.9 Å². The number of benzene rings is 2. The summed E-state index contributed by atoms with van der Waals surface area (Å²) in [7, 11) is 5.79.